The van der Waals surface area contributed by atoms with E-state index in [0.29, 0.717) is 36.0 Å². The van der Waals surface area contributed by atoms with Crippen LogP contribution in [0.3, 0.4) is 0 Å². The normalized spacial score (nSPS) is 14.8. The molecule has 36 heavy (non-hydrogen) atoms. The molecule has 2 aromatic heterocycles. The molecule has 0 aliphatic rings. The second-order valence-corrected chi connectivity index (χ2v) is 9.58. The number of aromatic nitrogens is 4. The van der Waals surface area contributed by atoms with Gasteiger partial charge in [-0.2, -0.15) is 9.97 Å². The number of anilines is 4. The molecule has 0 aromatic carbocycles. The maximum atomic E-state index is 9.45. The lowest BCUT2D eigenvalue weighted by atomic mass is 10.1. The molecule has 2 heterocycles. The van der Waals surface area contributed by atoms with Gasteiger partial charge in [-0.05, 0) is 53.4 Å². The van der Waals surface area contributed by atoms with E-state index in [1.54, 1.807) is 0 Å². The lowest BCUT2D eigenvalue weighted by molar-refractivity contribution is 0.310. The molecule has 0 saturated heterocycles. The van der Waals surface area contributed by atoms with E-state index in [0.717, 1.165) is 37.3 Å². The number of aliphatic hydroxyl groups excluding tert-OH is 2. The molecule has 0 bridgehead atoms. The molecule has 0 saturated carbocycles. The monoisotopic (exact) mass is 504 g/mol. The SMILES string of the molecule is CCC(C)N(c1nc(NCCO)nc2c(N(C(C)CC)C(C)CC)nc(NCCO)nc12)C(C)CC. The van der Waals surface area contributed by atoms with Gasteiger partial charge in [0.05, 0.1) is 13.2 Å². The number of hydrogen-bond acceptors (Lipinski definition) is 10. The number of fused-ring (bicyclic) bond motifs is 1. The first-order valence-electron chi connectivity index (χ1n) is 13.6. The number of hydrogen-bond donors (Lipinski definition) is 4. The molecule has 10 nitrogen and oxygen atoms in total. The van der Waals surface area contributed by atoms with Gasteiger partial charge in [0, 0.05) is 37.3 Å². The first kappa shape index (κ1) is 29.8. The van der Waals surface area contributed by atoms with Gasteiger partial charge >= 0.3 is 0 Å². The molecular formula is C26H48N8O2. The van der Waals surface area contributed by atoms with Crippen molar-refractivity contribution in [2.75, 3.05) is 46.7 Å². The summed E-state index contributed by atoms with van der Waals surface area (Å²) < 4.78 is 0. The minimum absolute atomic E-state index is 0.0175. The first-order valence-corrected chi connectivity index (χ1v) is 13.6. The van der Waals surface area contributed by atoms with Gasteiger partial charge in [-0.25, -0.2) is 9.97 Å². The van der Waals surface area contributed by atoms with E-state index in [4.69, 9.17) is 19.9 Å². The van der Waals surface area contributed by atoms with Crippen LogP contribution >= 0.6 is 0 Å². The van der Waals surface area contributed by atoms with E-state index in [9.17, 15) is 10.2 Å². The van der Waals surface area contributed by atoms with Gasteiger partial charge in [0.25, 0.3) is 0 Å². The second kappa shape index (κ2) is 14.3. The molecule has 0 radical (unpaired) electrons. The fraction of sp³-hybridized carbons (Fsp3) is 0.769. The van der Waals surface area contributed by atoms with Crippen molar-refractivity contribution in [2.24, 2.45) is 0 Å². The Kier molecular flexibility index (Phi) is 11.8. The van der Waals surface area contributed by atoms with Gasteiger partial charge in [0.15, 0.2) is 11.6 Å². The average Bonchev–Trinajstić information content (AvgIpc) is 2.90. The van der Waals surface area contributed by atoms with Crippen LogP contribution in [0.1, 0.15) is 81.1 Å². The summed E-state index contributed by atoms with van der Waals surface area (Å²) in [7, 11) is 0. The third-order valence-corrected chi connectivity index (χ3v) is 7.05. The van der Waals surface area contributed by atoms with Crippen LogP contribution in [0.5, 0.6) is 0 Å². The van der Waals surface area contributed by atoms with Crippen LogP contribution in [0.15, 0.2) is 0 Å². The Hall–Kier alpha value is -2.46. The second-order valence-electron chi connectivity index (χ2n) is 9.58. The molecule has 4 atom stereocenters. The highest BCUT2D eigenvalue weighted by atomic mass is 16.3. The van der Waals surface area contributed by atoms with Crippen LogP contribution in [0.25, 0.3) is 11.0 Å². The molecule has 0 spiro atoms. The molecule has 0 amide bonds. The van der Waals surface area contributed by atoms with Gasteiger partial charge in [0.1, 0.15) is 11.0 Å². The molecule has 204 valence electrons. The molecule has 0 aliphatic heterocycles. The molecule has 4 unspecified atom stereocenters. The molecule has 2 aromatic rings. The van der Waals surface area contributed by atoms with Crippen LogP contribution in [0.2, 0.25) is 0 Å². The highest BCUT2D eigenvalue weighted by Crippen LogP contribution is 2.35. The summed E-state index contributed by atoms with van der Waals surface area (Å²) in [5, 5.41) is 25.3. The minimum Gasteiger partial charge on any atom is -0.395 e. The Balaban J connectivity index is 2.98. The summed E-state index contributed by atoms with van der Waals surface area (Å²) in [4.78, 5) is 24.3. The van der Waals surface area contributed by atoms with E-state index >= 15 is 0 Å². The zero-order chi connectivity index (χ0) is 26.8. The Bertz CT molecular complexity index is 849. The minimum atomic E-state index is -0.0175. The highest BCUT2D eigenvalue weighted by molar-refractivity contribution is 5.95. The number of rotatable bonds is 16. The van der Waals surface area contributed by atoms with Gasteiger partial charge in [0.2, 0.25) is 11.9 Å². The largest absolute Gasteiger partial charge is 0.395 e. The zero-order valence-electron chi connectivity index (χ0n) is 23.5. The van der Waals surface area contributed by atoms with Crippen LogP contribution < -0.4 is 20.4 Å². The molecule has 0 aliphatic carbocycles. The van der Waals surface area contributed by atoms with Crippen molar-refractivity contribution in [3.63, 3.8) is 0 Å². The fourth-order valence-corrected chi connectivity index (χ4v) is 4.33. The lowest BCUT2D eigenvalue weighted by Crippen LogP contribution is -2.42. The van der Waals surface area contributed by atoms with E-state index in [1.807, 2.05) is 0 Å². The average molecular weight is 505 g/mol. The van der Waals surface area contributed by atoms with Crippen LogP contribution in [-0.2, 0) is 0 Å². The predicted molar refractivity (Wildman–Crippen MR) is 150 cm³/mol. The van der Waals surface area contributed by atoms with Crippen LogP contribution in [-0.4, -0.2) is 80.6 Å². The summed E-state index contributed by atoms with van der Waals surface area (Å²) >= 11 is 0. The van der Waals surface area contributed by atoms with Gasteiger partial charge in [-0.15, -0.1) is 0 Å². The molecular weight excluding hydrogens is 456 g/mol. The van der Waals surface area contributed by atoms with Crippen molar-refractivity contribution >= 4 is 34.6 Å². The van der Waals surface area contributed by atoms with Crippen molar-refractivity contribution in [2.45, 2.75) is 105 Å². The van der Waals surface area contributed by atoms with E-state index in [1.165, 1.54) is 0 Å². The fourth-order valence-electron chi connectivity index (χ4n) is 4.33. The number of nitrogens with zero attached hydrogens (tertiary/aromatic N) is 6. The summed E-state index contributed by atoms with van der Waals surface area (Å²) in [5.41, 5.74) is 1.37. The van der Waals surface area contributed by atoms with Gasteiger partial charge in [-0.1, -0.05) is 27.7 Å². The lowest BCUT2D eigenvalue weighted by Gasteiger charge is -2.37. The van der Waals surface area contributed by atoms with Gasteiger partial charge < -0.3 is 30.6 Å². The third-order valence-electron chi connectivity index (χ3n) is 7.05. The Morgan fingerprint density at radius 3 is 1.14 bits per heavy atom. The Morgan fingerprint density at radius 2 is 0.889 bits per heavy atom. The predicted octanol–water partition coefficient (Wildman–Crippen LogP) is 4.04. The summed E-state index contributed by atoms with van der Waals surface area (Å²) in [6, 6.07) is 0.931. The van der Waals surface area contributed by atoms with Crippen LogP contribution in [0.4, 0.5) is 23.5 Å². The van der Waals surface area contributed by atoms with E-state index in [2.05, 4.69) is 75.8 Å². The van der Waals surface area contributed by atoms with Crippen molar-refractivity contribution in [3.05, 3.63) is 0 Å². The van der Waals surface area contributed by atoms with Crippen molar-refractivity contribution in [3.8, 4) is 0 Å². The first-order chi connectivity index (χ1) is 17.3. The quantitative estimate of drug-likeness (QED) is 0.266. The van der Waals surface area contributed by atoms with E-state index < -0.39 is 0 Å². The van der Waals surface area contributed by atoms with Crippen molar-refractivity contribution in [1.29, 1.82) is 0 Å². The van der Waals surface area contributed by atoms with Crippen molar-refractivity contribution < 1.29 is 10.2 Å². The Morgan fingerprint density at radius 1 is 0.583 bits per heavy atom. The maximum absolute atomic E-state index is 9.45. The summed E-state index contributed by atoms with van der Waals surface area (Å²) in [5.74, 6) is 2.43. The Labute approximate surface area is 216 Å². The van der Waals surface area contributed by atoms with Crippen molar-refractivity contribution in [1.82, 2.24) is 19.9 Å². The number of aliphatic hydroxyl groups is 2. The highest BCUT2D eigenvalue weighted by Gasteiger charge is 2.29. The van der Waals surface area contributed by atoms with Gasteiger partial charge in [-0.3, -0.25) is 0 Å². The standard InChI is InChI=1S/C26H48N8O2/c1-9-17(5)33(18(6)10-2)23-21-22(30-25(31-23)27-13-15-35)24(32-26(29-21)28-14-16-36)34(19(7)11-3)20(8)12-4/h17-20,35-36H,9-16H2,1-8H3,(H,27,30,31)(H,28,29,32). The summed E-state index contributed by atoms with van der Waals surface area (Å²) in [6.07, 6.45) is 3.81. The van der Waals surface area contributed by atoms with E-state index in [-0.39, 0.29) is 37.4 Å². The van der Waals surface area contributed by atoms with Crippen LogP contribution in [0, 0.1) is 0 Å². The molecule has 2 rings (SSSR count). The topological polar surface area (TPSA) is 123 Å². The smallest absolute Gasteiger partial charge is 0.225 e. The molecule has 0 fully saturated rings. The summed E-state index contributed by atoms with van der Waals surface area (Å²) in [6.45, 7) is 18.2. The third kappa shape index (κ3) is 6.85. The zero-order valence-corrected chi connectivity index (χ0v) is 23.5. The maximum Gasteiger partial charge on any atom is 0.225 e. The molecule has 4 N–H and O–H groups in total. The molecule has 10 heteroatoms. The number of nitrogens with one attached hydrogen (secondary N) is 2.